The van der Waals surface area contributed by atoms with Gasteiger partial charge in [-0.15, -0.1) is 0 Å². The predicted molar refractivity (Wildman–Crippen MR) is 107 cm³/mol. The fourth-order valence-electron chi connectivity index (χ4n) is 2.20. The van der Waals surface area contributed by atoms with E-state index in [9.17, 15) is 18.0 Å². The maximum Gasteiger partial charge on any atom is 0.307 e. The second-order valence-electron chi connectivity index (χ2n) is 5.92. The summed E-state index contributed by atoms with van der Waals surface area (Å²) in [4.78, 5) is 24.0. The highest BCUT2D eigenvalue weighted by atomic mass is 35.5. The Morgan fingerprint density at radius 1 is 1.21 bits per heavy atom. The van der Waals surface area contributed by atoms with Gasteiger partial charge in [-0.2, -0.15) is 5.26 Å². The lowest BCUT2D eigenvalue weighted by Gasteiger charge is -2.14. The number of carbonyl (C=O) groups is 2. The number of rotatable bonds is 8. The van der Waals surface area contributed by atoms with Crippen LogP contribution in [-0.2, 0) is 24.3 Å². The first kappa shape index (κ1) is 22.4. The molecule has 2 rings (SSSR count). The van der Waals surface area contributed by atoms with Crippen LogP contribution in [0.4, 0.5) is 5.69 Å². The molecule has 2 aromatic rings. The quantitative estimate of drug-likeness (QED) is 0.613. The number of hydrogen-bond donors (Lipinski definition) is 2. The summed E-state index contributed by atoms with van der Waals surface area (Å²) < 4.78 is 31.5. The fourth-order valence-corrected chi connectivity index (χ4v) is 3.36. The zero-order valence-corrected chi connectivity index (χ0v) is 17.0. The maximum atomic E-state index is 12.1. The van der Waals surface area contributed by atoms with E-state index in [-0.39, 0.29) is 17.9 Å². The molecule has 152 valence electrons. The van der Waals surface area contributed by atoms with Crippen molar-refractivity contribution >= 4 is 39.2 Å². The number of amides is 1. The van der Waals surface area contributed by atoms with Crippen LogP contribution in [0.2, 0.25) is 5.02 Å². The number of esters is 1. The van der Waals surface area contributed by atoms with Gasteiger partial charge in [-0.1, -0.05) is 17.7 Å². The number of hydrogen-bond acceptors (Lipinski definition) is 6. The number of sulfonamides is 1. The van der Waals surface area contributed by atoms with E-state index in [4.69, 9.17) is 21.6 Å². The Bertz CT molecular complexity index is 1030. The number of halogens is 1. The van der Waals surface area contributed by atoms with Crippen molar-refractivity contribution in [2.45, 2.75) is 24.3 Å². The third-order valence-electron chi connectivity index (χ3n) is 3.68. The average molecular weight is 436 g/mol. The van der Waals surface area contributed by atoms with E-state index in [2.05, 4.69) is 10.0 Å². The SMILES string of the molecule is C[C@@H](OC(=O)CCNS(=O)(=O)c1ccc(Cl)cc1)C(=O)Nc1cccc(C#N)c1. The lowest BCUT2D eigenvalue weighted by atomic mass is 10.2. The van der Waals surface area contributed by atoms with Crippen molar-refractivity contribution in [3.05, 3.63) is 59.1 Å². The molecule has 0 radical (unpaired) electrons. The molecular weight excluding hydrogens is 418 g/mol. The van der Waals surface area contributed by atoms with Crippen molar-refractivity contribution in [2.24, 2.45) is 0 Å². The summed E-state index contributed by atoms with van der Waals surface area (Å²) in [5.41, 5.74) is 0.771. The molecule has 0 bridgehead atoms. The number of nitrogens with one attached hydrogen (secondary N) is 2. The van der Waals surface area contributed by atoms with E-state index in [1.54, 1.807) is 18.2 Å². The number of carbonyl (C=O) groups excluding carboxylic acids is 2. The molecule has 0 saturated carbocycles. The molecule has 2 N–H and O–H groups in total. The molecule has 1 atom stereocenters. The molecule has 10 heteroatoms. The number of benzene rings is 2. The standard InChI is InChI=1S/C19H18ClN3O5S/c1-13(19(25)23-16-4-2-3-14(11-16)12-21)28-18(24)9-10-22-29(26,27)17-7-5-15(20)6-8-17/h2-8,11,13,22H,9-10H2,1H3,(H,23,25)/t13-/m1/s1. The molecule has 1 amide bonds. The van der Waals surface area contributed by atoms with Crippen molar-refractivity contribution in [1.82, 2.24) is 4.72 Å². The van der Waals surface area contributed by atoms with Gasteiger partial charge in [0, 0.05) is 17.3 Å². The normalized spacial score (nSPS) is 11.9. The number of anilines is 1. The van der Waals surface area contributed by atoms with Gasteiger partial charge in [0.1, 0.15) is 0 Å². The van der Waals surface area contributed by atoms with E-state index in [1.807, 2.05) is 6.07 Å². The molecule has 0 saturated heterocycles. The average Bonchev–Trinajstić information content (AvgIpc) is 2.68. The van der Waals surface area contributed by atoms with Gasteiger partial charge in [-0.25, -0.2) is 13.1 Å². The summed E-state index contributed by atoms with van der Waals surface area (Å²) in [6.45, 7) is 1.20. The van der Waals surface area contributed by atoms with Crippen LogP contribution in [0.5, 0.6) is 0 Å². The molecule has 0 aliphatic heterocycles. The van der Waals surface area contributed by atoms with Crippen LogP contribution in [0.25, 0.3) is 0 Å². The number of ether oxygens (including phenoxy) is 1. The molecule has 0 aliphatic rings. The van der Waals surface area contributed by atoms with Gasteiger partial charge >= 0.3 is 5.97 Å². The van der Waals surface area contributed by atoms with Crippen LogP contribution >= 0.6 is 11.6 Å². The predicted octanol–water partition coefficient (Wildman–Crippen LogP) is 2.45. The van der Waals surface area contributed by atoms with Gasteiger partial charge in [-0.05, 0) is 49.4 Å². The van der Waals surface area contributed by atoms with Crippen LogP contribution in [0.1, 0.15) is 18.9 Å². The Hall–Kier alpha value is -2.93. The van der Waals surface area contributed by atoms with Crippen molar-refractivity contribution in [3.63, 3.8) is 0 Å². The van der Waals surface area contributed by atoms with Gasteiger partial charge in [0.05, 0.1) is 22.9 Å². The molecule has 8 nitrogen and oxygen atoms in total. The molecule has 0 unspecified atom stereocenters. The van der Waals surface area contributed by atoms with E-state index in [1.165, 1.54) is 37.3 Å². The first-order chi connectivity index (χ1) is 13.7. The highest BCUT2D eigenvalue weighted by Crippen LogP contribution is 2.14. The summed E-state index contributed by atoms with van der Waals surface area (Å²) in [7, 11) is -3.79. The first-order valence-electron chi connectivity index (χ1n) is 8.47. The monoisotopic (exact) mass is 435 g/mol. The highest BCUT2D eigenvalue weighted by molar-refractivity contribution is 7.89. The Kier molecular flexibility index (Phi) is 7.73. The Labute approximate surface area is 173 Å². The molecular formula is C19H18ClN3O5S. The van der Waals surface area contributed by atoms with Crippen LogP contribution in [0.3, 0.4) is 0 Å². The largest absolute Gasteiger partial charge is 0.452 e. The number of nitriles is 1. The molecule has 0 fully saturated rings. The van der Waals surface area contributed by atoms with Crippen LogP contribution in [0, 0.1) is 11.3 Å². The van der Waals surface area contributed by atoms with Crippen LogP contribution in [0.15, 0.2) is 53.4 Å². The summed E-state index contributed by atoms with van der Waals surface area (Å²) in [5.74, 6) is -1.31. The zero-order valence-electron chi connectivity index (χ0n) is 15.4. The van der Waals surface area contributed by atoms with Crippen molar-refractivity contribution < 1.29 is 22.7 Å². The van der Waals surface area contributed by atoms with E-state index < -0.39 is 28.0 Å². The van der Waals surface area contributed by atoms with Crippen LogP contribution < -0.4 is 10.0 Å². The molecule has 2 aromatic carbocycles. The fraction of sp³-hybridized carbons (Fsp3) is 0.211. The van der Waals surface area contributed by atoms with Crippen molar-refractivity contribution in [1.29, 1.82) is 5.26 Å². The lowest BCUT2D eigenvalue weighted by Crippen LogP contribution is -2.32. The summed E-state index contributed by atoms with van der Waals surface area (Å²) >= 11 is 5.72. The van der Waals surface area contributed by atoms with Gasteiger partial charge in [-0.3, -0.25) is 9.59 Å². The lowest BCUT2D eigenvalue weighted by molar-refractivity contribution is -0.152. The summed E-state index contributed by atoms with van der Waals surface area (Å²) in [6.07, 6.45) is -1.35. The molecule has 0 aliphatic carbocycles. The van der Waals surface area contributed by atoms with E-state index in [0.29, 0.717) is 16.3 Å². The molecule has 0 aromatic heterocycles. The van der Waals surface area contributed by atoms with Gasteiger partial charge in [0.15, 0.2) is 6.10 Å². The minimum absolute atomic E-state index is 0.0163. The Morgan fingerprint density at radius 2 is 1.90 bits per heavy atom. The molecule has 0 spiro atoms. The smallest absolute Gasteiger partial charge is 0.307 e. The van der Waals surface area contributed by atoms with Crippen LogP contribution in [-0.4, -0.2) is 32.9 Å². The first-order valence-corrected chi connectivity index (χ1v) is 10.3. The third kappa shape index (κ3) is 6.87. The Balaban J connectivity index is 1.81. The topological polar surface area (TPSA) is 125 Å². The zero-order chi connectivity index (χ0) is 21.4. The second-order valence-corrected chi connectivity index (χ2v) is 8.12. The highest BCUT2D eigenvalue weighted by Gasteiger charge is 2.19. The van der Waals surface area contributed by atoms with Gasteiger partial charge in [0.25, 0.3) is 5.91 Å². The maximum absolute atomic E-state index is 12.1. The minimum Gasteiger partial charge on any atom is -0.452 e. The van der Waals surface area contributed by atoms with E-state index in [0.717, 1.165) is 0 Å². The van der Waals surface area contributed by atoms with Crippen molar-refractivity contribution in [3.8, 4) is 6.07 Å². The second kappa shape index (κ2) is 10.0. The third-order valence-corrected chi connectivity index (χ3v) is 5.41. The summed E-state index contributed by atoms with van der Waals surface area (Å²) in [5, 5.41) is 11.8. The Morgan fingerprint density at radius 3 is 2.55 bits per heavy atom. The van der Waals surface area contributed by atoms with E-state index >= 15 is 0 Å². The van der Waals surface area contributed by atoms with Crippen molar-refractivity contribution in [2.75, 3.05) is 11.9 Å². The van der Waals surface area contributed by atoms with Gasteiger partial charge < -0.3 is 10.1 Å². The van der Waals surface area contributed by atoms with Gasteiger partial charge in [0.2, 0.25) is 10.0 Å². The summed E-state index contributed by atoms with van der Waals surface area (Å²) in [6, 6.07) is 13.8. The minimum atomic E-state index is -3.79. The number of nitrogens with zero attached hydrogens (tertiary/aromatic N) is 1. The molecule has 29 heavy (non-hydrogen) atoms. The molecule has 0 heterocycles.